The number of likely N-dealkylation sites (tertiary alicyclic amines) is 1. The topological polar surface area (TPSA) is 67.2 Å². The molecule has 0 unspecified atom stereocenters. The van der Waals surface area contributed by atoms with Gasteiger partial charge < -0.3 is 10.2 Å². The molecule has 0 bridgehead atoms. The molecule has 138 valence electrons. The van der Waals surface area contributed by atoms with Crippen LogP contribution in [0.15, 0.2) is 36.5 Å². The molecule has 6 nitrogen and oxygen atoms in total. The van der Waals surface area contributed by atoms with Crippen LogP contribution in [0, 0.1) is 11.7 Å². The molecule has 0 spiro atoms. The molecule has 0 radical (unpaired) electrons. The van der Waals surface area contributed by atoms with Crippen LogP contribution in [-0.4, -0.2) is 33.0 Å². The Hall–Kier alpha value is -2.70. The molecule has 26 heavy (non-hydrogen) atoms. The maximum absolute atomic E-state index is 14.4. The van der Waals surface area contributed by atoms with Crippen LogP contribution in [0.2, 0.25) is 0 Å². The summed E-state index contributed by atoms with van der Waals surface area (Å²) >= 11 is 0. The van der Waals surface area contributed by atoms with E-state index in [1.807, 2.05) is 20.0 Å². The quantitative estimate of drug-likeness (QED) is 0.891. The Balaban J connectivity index is 1.85. The number of hydrogen-bond acceptors (Lipinski definition) is 3. The largest absolute Gasteiger partial charge is 0.350 e. The fourth-order valence-corrected chi connectivity index (χ4v) is 3.58. The molecule has 1 aliphatic heterocycles. The number of nitrogens with zero attached hydrogens (tertiary/aromatic N) is 3. The molecule has 0 saturated carbocycles. The van der Waals surface area contributed by atoms with Crippen molar-refractivity contribution in [2.75, 3.05) is 6.54 Å². The first-order chi connectivity index (χ1) is 12.5. The number of benzene rings is 1. The van der Waals surface area contributed by atoms with Crippen molar-refractivity contribution in [3.8, 4) is 0 Å². The van der Waals surface area contributed by atoms with Gasteiger partial charge in [-0.05, 0) is 25.5 Å². The van der Waals surface area contributed by atoms with Crippen molar-refractivity contribution in [3.63, 3.8) is 0 Å². The Morgan fingerprint density at radius 2 is 2.12 bits per heavy atom. The second kappa shape index (κ2) is 7.68. The number of rotatable bonds is 5. The molecular weight excluding hydrogens is 335 g/mol. The number of amides is 2. The van der Waals surface area contributed by atoms with Crippen LogP contribution in [0.25, 0.3) is 0 Å². The second-order valence-corrected chi connectivity index (χ2v) is 6.46. The molecule has 1 saturated heterocycles. The molecular formula is C19H23FN4O2. The lowest BCUT2D eigenvalue weighted by atomic mass is 9.83. The van der Waals surface area contributed by atoms with Crippen LogP contribution < -0.4 is 5.32 Å². The molecule has 3 rings (SSSR count). The third kappa shape index (κ3) is 3.47. The van der Waals surface area contributed by atoms with Gasteiger partial charge in [0.25, 0.3) is 0 Å². The van der Waals surface area contributed by atoms with Gasteiger partial charge in [0, 0.05) is 31.8 Å². The monoisotopic (exact) mass is 358 g/mol. The van der Waals surface area contributed by atoms with Crippen LogP contribution in [-0.2, 0) is 23.2 Å². The molecule has 1 aromatic carbocycles. The molecule has 1 fully saturated rings. The minimum absolute atomic E-state index is 0.0450. The van der Waals surface area contributed by atoms with E-state index in [9.17, 15) is 14.0 Å². The van der Waals surface area contributed by atoms with Gasteiger partial charge in [0.05, 0.1) is 24.2 Å². The van der Waals surface area contributed by atoms with Crippen molar-refractivity contribution in [3.05, 3.63) is 53.6 Å². The van der Waals surface area contributed by atoms with Gasteiger partial charge in [-0.3, -0.25) is 14.3 Å². The van der Waals surface area contributed by atoms with Gasteiger partial charge in [-0.1, -0.05) is 18.2 Å². The van der Waals surface area contributed by atoms with Gasteiger partial charge in [-0.25, -0.2) is 4.39 Å². The van der Waals surface area contributed by atoms with Crippen LogP contribution in [0.1, 0.15) is 37.1 Å². The van der Waals surface area contributed by atoms with Gasteiger partial charge in [-0.15, -0.1) is 0 Å². The first-order valence-electron chi connectivity index (χ1n) is 8.81. The minimum atomic E-state index is -0.589. The highest BCUT2D eigenvalue weighted by atomic mass is 19.1. The summed E-state index contributed by atoms with van der Waals surface area (Å²) in [5, 5.41) is 6.99. The number of aryl methyl sites for hydroxylation is 1. The van der Waals surface area contributed by atoms with Crippen molar-refractivity contribution in [1.29, 1.82) is 0 Å². The van der Waals surface area contributed by atoms with Crippen molar-refractivity contribution in [1.82, 2.24) is 20.0 Å². The van der Waals surface area contributed by atoms with Gasteiger partial charge in [-0.2, -0.15) is 5.10 Å². The first-order valence-corrected chi connectivity index (χ1v) is 8.81. The summed E-state index contributed by atoms with van der Waals surface area (Å²) in [6.45, 7) is 2.63. The standard InChI is InChI=1S/C19H23FN4O2/c1-3-24-17(25)9-8-15(18(24)14-6-4-5-7-16(14)20)19(26)21-12-13-10-11-22-23(13)2/h4-7,10-11,15,18H,3,8-9,12H2,1-2H3,(H,21,26)/t15-,18+/m1/s1. The van der Waals surface area contributed by atoms with Gasteiger partial charge >= 0.3 is 0 Å². The molecule has 2 atom stereocenters. The Morgan fingerprint density at radius 3 is 2.77 bits per heavy atom. The van der Waals surface area contributed by atoms with Crippen LogP contribution in [0.5, 0.6) is 0 Å². The number of nitrogens with one attached hydrogen (secondary N) is 1. The summed E-state index contributed by atoms with van der Waals surface area (Å²) < 4.78 is 16.1. The smallest absolute Gasteiger partial charge is 0.225 e. The Morgan fingerprint density at radius 1 is 1.35 bits per heavy atom. The number of carbonyl (C=O) groups excluding carboxylic acids is 2. The summed E-state index contributed by atoms with van der Waals surface area (Å²) in [7, 11) is 1.81. The van der Waals surface area contributed by atoms with Crippen LogP contribution in [0.4, 0.5) is 4.39 Å². The van der Waals surface area contributed by atoms with Crippen molar-refractivity contribution < 1.29 is 14.0 Å². The van der Waals surface area contributed by atoms with Crippen molar-refractivity contribution in [2.24, 2.45) is 13.0 Å². The van der Waals surface area contributed by atoms with Gasteiger partial charge in [0.1, 0.15) is 5.82 Å². The lowest BCUT2D eigenvalue weighted by molar-refractivity contribution is -0.143. The molecule has 1 N–H and O–H groups in total. The van der Waals surface area contributed by atoms with Crippen LogP contribution >= 0.6 is 0 Å². The summed E-state index contributed by atoms with van der Waals surface area (Å²) in [6.07, 6.45) is 2.37. The zero-order chi connectivity index (χ0) is 18.7. The molecule has 1 aromatic heterocycles. The number of halogens is 1. The molecule has 2 aromatic rings. The maximum atomic E-state index is 14.4. The van der Waals surface area contributed by atoms with E-state index in [0.29, 0.717) is 31.5 Å². The van der Waals surface area contributed by atoms with E-state index >= 15 is 0 Å². The summed E-state index contributed by atoms with van der Waals surface area (Å²) in [5.74, 6) is -1.10. The number of aromatic nitrogens is 2. The van der Waals surface area contributed by atoms with Crippen molar-refractivity contribution >= 4 is 11.8 Å². The Labute approximate surface area is 152 Å². The summed E-state index contributed by atoms with van der Waals surface area (Å²) in [4.78, 5) is 26.8. The zero-order valence-corrected chi connectivity index (χ0v) is 15.0. The van der Waals surface area contributed by atoms with Gasteiger partial charge in [0.2, 0.25) is 11.8 Å². The van der Waals surface area contributed by atoms with E-state index < -0.39 is 17.8 Å². The van der Waals surface area contributed by atoms with E-state index in [1.165, 1.54) is 6.07 Å². The molecule has 7 heteroatoms. The normalized spacial score (nSPS) is 20.3. The summed E-state index contributed by atoms with van der Waals surface area (Å²) in [5.41, 5.74) is 1.27. The SMILES string of the molecule is CCN1C(=O)CC[C@@H](C(=O)NCc2ccnn2C)[C@@H]1c1ccccc1F. The maximum Gasteiger partial charge on any atom is 0.225 e. The van der Waals surface area contributed by atoms with E-state index in [4.69, 9.17) is 0 Å². The number of piperidine rings is 1. The lowest BCUT2D eigenvalue weighted by Crippen LogP contribution is -2.48. The zero-order valence-electron chi connectivity index (χ0n) is 15.0. The third-order valence-electron chi connectivity index (χ3n) is 4.97. The average molecular weight is 358 g/mol. The highest BCUT2D eigenvalue weighted by Crippen LogP contribution is 2.37. The second-order valence-electron chi connectivity index (χ2n) is 6.46. The summed E-state index contributed by atoms with van der Waals surface area (Å²) in [6, 6.07) is 7.61. The van der Waals surface area contributed by atoms with Crippen LogP contribution in [0.3, 0.4) is 0 Å². The highest BCUT2D eigenvalue weighted by molar-refractivity contribution is 5.85. The minimum Gasteiger partial charge on any atom is -0.350 e. The third-order valence-corrected chi connectivity index (χ3v) is 4.97. The number of carbonyl (C=O) groups is 2. The predicted molar refractivity (Wildman–Crippen MR) is 94.3 cm³/mol. The highest BCUT2D eigenvalue weighted by Gasteiger charge is 2.40. The Kier molecular flexibility index (Phi) is 5.35. The predicted octanol–water partition coefficient (Wildman–Crippen LogP) is 2.18. The van der Waals surface area contributed by atoms with E-state index in [2.05, 4.69) is 10.4 Å². The molecule has 2 heterocycles. The molecule has 0 aliphatic carbocycles. The van der Waals surface area contributed by atoms with E-state index in [-0.39, 0.29) is 11.8 Å². The van der Waals surface area contributed by atoms with Crippen molar-refractivity contribution in [2.45, 2.75) is 32.4 Å². The first kappa shape index (κ1) is 18.1. The fourth-order valence-electron chi connectivity index (χ4n) is 3.58. The van der Waals surface area contributed by atoms with E-state index in [0.717, 1.165) is 5.69 Å². The lowest BCUT2D eigenvalue weighted by Gasteiger charge is -2.40. The van der Waals surface area contributed by atoms with Gasteiger partial charge in [0.15, 0.2) is 0 Å². The number of hydrogen-bond donors (Lipinski definition) is 1. The van der Waals surface area contributed by atoms with E-state index in [1.54, 1.807) is 34.0 Å². The molecule has 2 amide bonds. The average Bonchev–Trinajstić information content (AvgIpc) is 3.05. The Bertz CT molecular complexity index is 804. The molecule has 1 aliphatic rings. The fraction of sp³-hybridized carbons (Fsp3) is 0.421.